The number of halogens is 1. The fourth-order valence-corrected chi connectivity index (χ4v) is 2.83. The summed E-state index contributed by atoms with van der Waals surface area (Å²) in [6.45, 7) is 0.474. The van der Waals surface area contributed by atoms with Crippen LogP contribution in [0.4, 0.5) is 5.69 Å². The molecule has 2 aromatic rings. The summed E-state index contributed by atoms with van der Waals surface area (Å²) in [6.07, 6.45) is 0. The molecule has 0 aromatic heterocycles. The highest BCUT2D eigenvalue weighted by molar-refractivity contribution is 7.99. The Morgan fingerprint density at radius 3 is 2.57 bits per heavy atom. The van der Waals surface area contributed by atoms with Crippen LogP contribution in [0.3, 0.4) is 0 Å². The zero-order valence-corrected chi connectivity index (χ0v) is 12.7. The van der Waals surface area contributed by atoms with Gasteiger partial charge in [-0.2, -0.15) is 0 Å². The molecule has 0 spiro atoms. The predicted octanol–water partition coefficient (Wildman–Crippen LogP) is 3.79. The number of carbonyl (C=O) groups is 1. The van der Waals surface area contributed by atoms with Gasteiger partial charge in [-0.3, -0.25) is 0 Å². The van der Waals surface area contributed by atoms with E-state index in [9.17, 15) is 4.79 Å². The first kappa shape index (κ1) is 15.5. The number of hydrogen-bond donors (Lipinski definition) is 2. The zero-order chi connectivity index (χ0) is 15.2. The van der Waals surface area contributed by atoms with Gasteiger partial charge in [-0.25, -0.2) is 4.79 Å². The molecule has 0 saturated carbocycles. The molecule has 0 amide bonds. The fourth-order valence-electron chi connectivity index (χ4n) is 1.67. The largest absolute Gasteiger partial charge is 0.493 e. The topological polar surface area (TPSA) is 72.5 Å². The summed E-state index contributed by atoms with van der Waals surface area (Å²) in [5.74, 6) is 0.369. The van der Waals surface area contributed by atoms with Gasteiger partial charge in [0.15, 0.2) is 0 Å². The number of nitrogen functional groups attached to an aromatic ring is 1. The summed E-state index contributed by atoms with van der Waals surface area (Å²) in [4.78, 5) is 11.6. The molecule has 0 saturated heterocycles. The minimum atomic E-state index is -0.952. The molecule has 0 heterocycles. The summed E-state index contributed by atoms with van der Waals surface area (Å²) < 4.78 is 5.54. The van der Waals surface area contributed by atoms with Gasteiger partial charge in [0, 0.05) is 16.3 Å². The molecular weight excluding hydrogens is 310 g/mol. The van der Waals surface area contributed by atoms with Crippen LogP contribution in [0.25, 0.3) is 0 Å². The summed E-state index contributed by atoms with van der Waals surface area (Å²) in [5.41, 5.74) is 6.75. The molecule has 0 radical (unpaired) electrons. The van der Waals surface area contributed by atoms with Crippen LogP contribution < -0.4 is 10.5 Å². The van der Waals surface area contributed by atoms with Crippen molar-refractivity contribution in [1.82, 2.24) is 0 Å². The summed E-state index contributed by atoms with van der Waals surface area (Å²) in [5, 5.41) is 9.43. The lowest BCUT2D eigenvalue weighted by Gasteiger charge is -2.09. The van der Waals surface area contributed by atoms with Crippen LogP contribution >= 0.6 is 23.4 Å². The third kappa shape index (κ3) is 4.31. The van der Waals surface area contributed by atoms with Gasteiger partial charge in [-0.15, -0.1) is 11.8 Å². The second-order valence-electron chi connectivity index (χ2n) is 4.18. The van der Waals surface area contributed by atoms with E-state index >= 15 is 0 Å². The van der Waals surface area contributed by atoms with Crippen molar-refractivity contribution >= 4 is 35.0 Å². The van der Waals surface area contributed by atoms with Crippen LogP contribution in [0, 0.1) is 0 Å². The Bertz CT molecular complexity index is 611. The normalized spacial score (nSPS) is 10.3. The maximum Gasteiger partial charge on any atom is 0.335 e. The van der Waals surface area contributed by atoms with Gasteiger partial charge in [0.05, 0.1) is 17.2 Å². The minimum Gasteiger partial charge on any atom is -0.493 e. The molecule has 0 aliphatic carbocycles. The highest BCUT2D eigenvalue weighted by Crippen LogP contribution is 2.32. The molecule has 0 aliphatic heterocycles. The molecule has 0 atom stereocenters. The Balaban J connectivity index is 1.83. The second-order valence-corrected chi connectivity index (χ2v) is 5.70. The quantitative estimate of drug-likeness (QED) is 0.480. The smallest absolute Gasteiger partial charge is 0.335 e. The van der Waals surface area contributed by atoms with Crippen molar-refractivity contribution in [2.75, 3.05) is 18.1 Å². The number of thioether (sulfide) groups is 1. The maximum absolute atomic E-state index is 10.7. The molecular formula is C15H14ClNO3S. The van der Waals surface area contributed by atoms with E-state index in [1.54, 1.807) is 24.3 Å². The summed E-state index contributed by atoms with van der Waals surface area (Å²) in [7, 11) is 0. The fraction of sp³-hybridized carbons (Fsp3) is 0.133. The van der Waals surface area contributed by atoms with Gasteiger partial charge in [-0.1, -0.05) is 17.7 Å². The number of ether oxygens (including phenoxy) is 1. The Morgan fingerprint density at radius 2 is 1.95 bits per heavy atom. The molecule has 21 heavy (non-hydrogen) atoms. The van der Waals surface area contributed by atoms with Crippen LogP contribution in [0.2, 0.25) is 5.02 Å². The molecule has 0 unspecified atom stereocenters. The van der Waals surface area contributed by atoms with Crippen molar-refractivity contribution < 1.29 is 14.6 Å². The summed E-state index contributed by atoms with van der Waals surface area (Å²) >= 11 is 7.60. The number of carboxylic acid groups (broad SMARTS) is 1. The van der Waals surface area contributed by atoms with Gasteiger partial charge in [-0.05, 0) is 36.4 Å². The van der Waals surface area contributed by atoms with Crippen molar-refractivity contribution in [3.63, 3.8) is 0 Å². The Hall–Kier alpha value is -1.85. The molecule has 3 N–H and O–H groups in total. The summed E-state index contributed by atoms with van der Waals surface area (Å²) in [6, 6.07) is 11.7. The van der Waals surface area contributed by atoms with Crippen LogP contribution in [0.15, 0.2) is 47.4 Å². The highest BCUT2D eigenvalue weighted by atomic mass is 35.5. The van der Waals surface area contributed by atoms with Gasteiger partial charge < -0.3 is 15.6 Å². The van der Waals surface area contributed by atoms with Crippen molar-refractivity contribution in [2.45, 2.75) is 4.90 Å². The molecule has 4 nitrogen and oxygen atoms in total. The molecule has 110 valence electrons. The molecule has 2 aromatic carbocycles. The molecule has 0 fully saturated rings. The van der Waals surface area contributed by atoms with E-state index in [1.807, 2.05) is 6.07 Å². The predicted molar refractivity (Wildman–Crippen MR) is 85.5 cm³/mol. The van der Waals surface area contributed by atoms with E-state index in [0.717, 1.165) is 4.90 Å². The van der Waals surface area contributed by atoms with Crippen molar-refractivity contribution in [3.8, 4) is 5.75 Å². The molecule has 0 bridgehead atoms. The number of anilines is 1. The van der Waals surface area contributed by atoms with Crippen molar-refractivity contribution in [1.29, 1.82) is 0 Å². The van der Waals surface area contributed by atoms with E-state index in [4.69, 9.17) is 27.2 Å². The van der Waals surface area contributed by atoms with Gasteiger partial charge in [0.25, 0.3) is 0 Å². The average molecular weight is 324 g/mol. The van der Waals surface area contributed by atoms with Crippen LogP contribution in [0.1, 0.15) is 10.4 Å². The number of nitrogens with two attached hydrogens (primary N) is 1. The van der Waals surface area contributed by atoms with Crippen molar-refractivity contribution in [3.05, 3.63) is 53.1 Å². The number of benzene rings is 2. The number of aromatic carboxylic acids is 1. The molecule has 0 aliphatic rings. The van der Waals surface area contributed by atoms with E-state index in [0.29, 0.717) is 28.8 Å². The third-order valence-corrected chi connectivity index (χ3v) is 4.24. The third-order valence-electron chi connectivity index (χ3n) is 2.70. The Labute approximate surface area is 131 Å². The lowest BCUT2D eigenvalue weighted by molar-refractivity contribution is 0.0697. The molecule has 6 heteroatoms. The maximum atomic E-state index is 10.7. The van der Waals surface area contributed by atoms with E-state index < -0.39 is 5.97 Å². The first-order valence-corrected chi connectivity index (χ1v) is 7.57. The zero-order valence-electron chi connectivity index (χ0n) is 11.1. The first-order chi connectivity index (χ1) is 10.1. The highest BCUT2D eigenvalue weighted by Gasteiger charge is 2.05. The van der Waals surface area contributed by atoms with E-state index in [1.165, 1.54) is 23.9 Å². The van der Waals surface area contributed by atoms with Gasteiger partial charge in [0.2, 0.25) is 0 Å². The first-order valence-electron chi connectivity index (χ1n) is 6.21. The van der Waals surface area contributed by atoms with E-state index in [-0.39, 0.29) is 5.56 Å². The number of carboxylic acids is 1. The number of rotatable bonds is 6. The standard InChI is InChI=1S/C15H14ClNO3S/c16-12-2-1-3-13(17)14(12)21-9-8-20-11-6-4-10(5-7-11)15(18)19/h1-7H,8-9,17H2,(H,18,19). The lowest BCUT2D eigenvalue weighted by Crippen LogP contribution is -2.02. The van der Waals surface area contributed by atoms with Crippen LogP contribution in [0.5, 0.6) is 5.75 Å². The molecule has 2 rings (SSSR count). The van der Waals surface area contributed by atoms with Crippen LogP contribution in [-0.2, 0) is 0 Å². The average Bonchev–Trinajstić information content (AvgIpc) is 2.46. The number of hydrogen-bond acceptors (Lipinski definition) is 4. The van der Waals surface area contributed by atoms with Crippen molar-refractivity contribution in [2.24, 2.45) is 0 Å². The van der Waals surface area contributed by atoms with E-state index in [2.05, 4.69) is 0 Å². The lowest BCUT2D eigenvalue weighted by atomic mass is 10.2. The minimum absolute atomic E-state index is 0.237. The Morgan fingerprint density at radius 1 is 1.24 bits per heavy atom. The van der Waals surface area contributed by atoms with Crippen LogP contribution in [-0.4, -0.2) is 23.4 Å². The Kier molecular flexibility index (Phi) is 5.36. The van der Waals surface area contributed by atoms with Gasteiger partial charge in [0.1, 0.15) is 5.75 Å². The second kappa shape index (κ2) is 7.24. The van der Waals surface area contributed by atoms with Gasteiger partial charge >= 0.3 is 5.97 Å². The monoisotopic (exact) mass is 323 g/mol. The SMILES string of the molecule is Nc1cccc(Cl)c1SCCOc1ccc(C(=O)O)cc1.